The summed E-state index contributed by atoms with van der Waals surface area (Å²) in [6, 6.07) is 2.34. The zero-order valence-electron chi connectivity index (χ0n) is 13.8. The molecule has 0 fully saturated rings. The highest BCUT2D eigenvalue weighted by atomic mass is 35.5. The maximum Gasteiger partial charge on any atom is 0.404 e. The van der Waals surface area contributed by atoms with E-state index in [2.05, 4.69) is 10.3 Å². The van der Waals surface area contributed by atoms with Crippen molar-refractivity contribution >= 4 is 34.2 Å². The first kappa shape index (κ1) is 20.4. The molecular weight excluding hydrogens is 393 g/mol. The number of nitrogens with one attached hydrogen (secondary N) is 2. The van der Waals surface area contributed by atoms with E-state index < -0.39 is 29.1 Å². The summed E-state index contributed by atoms with van der Waals surface area (Å²) >= 11 is 5.74. The van der Waals surface area contributed by atoms with Gasteiger partial charge >= 0.3 is 6.18 Å². The van der Waals surface area contributed by atoms with Gasteiger partial charge in [-0.05, 0) is 24.6 Å². The molecule has 142 valence electrons. The summed E-state index contributed by atoms with van der Waals surface area (Å²) in [5.74, 6) is -0.527. The number of alkyl halides is 3. The van der Waals surface area contributed by atoms with Gasteiger partial charge in [-0.3, -0.25) is 4.79 Å². The zero-order valence-corrected chi connectivity index (χ0v) is 15.4. The molecule has 0 aliphatic heterocycles. The molecular formula is C15H16ClF3N4O2S. The van der Waals surface area contributed by atoms with Crippen LogP contribution in [-0.4, -0.2) is 31.9 Å². The number of halogens is 4. The fourth-order valence-electron chi connectivity index (χ4n) is 2.12. The summed E-state index contributed by atoms with van der Waals surface area (Å²) < 4.78 is 54.0. The first-order valence-corrected chi connectivity index (χ1v) is 8.98. The Labute approximate surface area is 155 Å². The van der Waals surface area contributed by atoms with Crippen LogP contribution in [0.3, 0.4) is 0 Å². The van der Waals surface area contributed by atoms with Crippen LogP contribution in [0.2, 0.25) is 5.15 Å². The first-order chi connectivity index (χ1) is 12.1. The van der Waals surface area contributed by atoms with E-state index in [0.717, 1.165) is 0 Å². The van der Waals surface area contributed by atoms with E-state index in [9.17, 15) is 22.2 Å². The Kier molecular flexibility index (Phi) is 6.43. The highest BCUT2D eigenvalue weighted by molar-refractivity contribution is 7.83. The Hall–Kier alpha value is -1.91. The lowest BCUT2D eigenvalue weighted by molar-refractivity contribution is -0.151. The molecule has 0 saturated heterocycles. The predicted molar refractivity (Wildman–Crippen MR) is 92.3 cm³/mol. The highest BCUT2D eigenvalue weighted by Crippen LogP contribution is 2.24. The van der Waals surface area contributed by atoms with Crippen LogP contribution in [0, 0.1) is 0 Å². The quantitative estimate of drug-likeness (QED) is 0.720. The van der Waals surface area contributed by atoms with Crippen LogP contribution in [0.4, 0.5) is 18.9 Å². The minimum Gasteiger partial charge on any atom is -0.345 e. The molecule has 2 heterocycles. The monoisotopic (exact) mass is 408 g/mol. The zero-order chi connectivity index (χ0) is 19.5. The normalized spacial score (nSPS) is 14.1. The smallest absolute Gasteiger partial charge is 0.345 e. The second-order valence-electron chi connectivity index (χ2n) is 5.38. The van der Waals surface area contributed by atoms with Crippen LogP contribution >= 0.6 is 11.6 Å². The molecule has 26 heavy (non-hydrogen) atoms. The maximum absolute atomic E-state index is 12.8. The lowest BCUT2D eigenvalue weighted by atomic mass is 10.2. The van der Waals surface area contributed by atoms with E-state index >= 15 is 0 Å². The summed E-state index contributed by atoms with van der Waals surface area (Å²) in [5, 5.41) is 2.78. The lowest BCUT2D eigenvalue weighted by Crippen LogP contribution is -2.42. The molecule has 1 amide bonds. The third-order valence-electron chi connectivity index (χ3n) is 3.46. The van der Waals surface area contributed by atoms with Crippen molar-refractivity contribution in [1.82, 2.24) is 14.3 Å². The maximum atomic E-state index is 12.8. The van der Waals surface area contributed by atoms with Gasteiger partial charge in [-0.15, -0.1) is 0 Å². The van der Waals surface area contributed by atoms with Crippen molar-refractivity contribution in [2.24, 2.45) is 7.05 Å². The molecule has 0 aliphatic rings. The lowest BCUT2D eigenvalue weighted by Gasteiger charge is -2.18. The number of rotatable bonds is 6. The average Bonchev–Trinajstić information content (AvgIpc) is 2.93. The standard InChI is InChI=1S/C15H16ClF3N4O2S/c1-3-12(15(17,18)19)22-26(25)10-7-11(23(2)8-10)14(24)21-9-4-5-20-13(16)6-9/h4-8,12,22H,3H2,1-2H3,(H,20,21,24). The summed E-state index contributed by atoms with van der Waals surface area (Å²) in [6.45, 7) is 1.34. The largest absolute Gasteiger partial charge is 0.404 e. The van der Waals surface area contributed by atoms with Crippen molar-refractivity contribution in [2.45, 2.75) is 30.5 Å². The van der Waals surface area contributed by atoms with Crippen molar-refractivity contribution < 1.29 is 22.2 Å². The number of pyridine rings is 1. The van der Waals surface area contributed by atoms with Gasteiger partial charge in [-0.25, -0.2) is 13.9 Å². The molecule has 2 aromatic heterocycles. The number of anilines is 1. The molecule has 0 radical (unpaired) electrons. The fraction of sp³-hybridized carbons (Fsp3) is 0.333. The molecule has 0 aromatic carbocycles. The summed E-state index contributed by atoms with van der Waals surface area (Å²) in [7, 11) is -0.594. The molecule has 11 heteroatoms. The molecule has 0 bridgehead atoms. The van der Waals surface area contributed by atoms with Crippen molar-refractivity contribution in [1.29, 1.82) is 0 Å². The van der Waals surface area contributed by atoms with Crippen molar-refractivity contribution in [2.75, 3.05) is 5.32 Å². The highest BCUT2D eigenvalue weighted by Gasteiger charge is 2.39. The van der Waals surface area contributed by atoms with Crippen LogP contribution in [0.5, 0.6) is 0 Å². The number of amides is 1. The van der Waals surface area contributed by atoms with Gasteiger partial charge in [0.1, 0.15) is 27.9 Å². The van der Waals surface area contributed by atoms with Crippen LogP contribution in [0.15, 0.2) is 35.5 Å². The van der Waals surface area contributed by atoms with E-state index in [-0.39, 0.29) is 22.2 Å². The minimum atomic E-state index is -4.51. The van der Waals surface area contributed by atoms with Crippen LogP contribution in [0.1, 0.15) is 23.8 Å². The number of aromatic nitrogens is 2. The number of carbonyl (C=O) groups excluding carboxylic acids is 1. The molecule has 0 saturated carbocycles. The Morgan fingerprint density at radius 2 is 2.12 bits per heavy atom. The van der Waals surface area contributed by atoms with E-state index in [1.54, 1.807) is 0 Å². The van der Waals surface area contributed by atoms with E-state index in [1.165, 1.54) is 49.1 Å². The number of carbonyl (C=O) groups is 1. The Balaban J connectivity index is 2.15. The second kappa shape index (κ2) is 8.19. The van der Waals surface area contributed by atoms with Gasteiger partial charge in [0, 0.05) is 25.1 Å². The van der Waals surface area contributed by atoms with Gasteiger partial charge in [0.15, 0.2) is 0 Å². The molecule has 2 rings (SSSR count). The van der Waals surface area contributed by atoms with Crippen molar-refractivity contribution in [3.05, 3.63) is 41.4 Å². The van der Waals surface area contributed by atoms with Gasteiger partial charge in [-0.1, -0.05) is 18.5 Å². The van der Waals surface area contributed by atoms with Crippen LogP contribution < -0.4 is 10.0 Å². The number of hydrogen-bond donors (Lipinski definition) is 2. The first-order valence-electron chi connectivity index (χ1n) is 7.45. The third kappa shape index (κ3) is 5.05. The van der Waals surface area contributed by atoms with Gasteiger partial charge in [0.2, 0.25) is 0 Å². The molecule has 0 spiro atoms. The van der Waals surface area contributed by atoms with Crippen LogP contribution in [0.25, 0.3) is 0 Å². The SMILES string of the molecule is CCC(NS(=O)c1cc(C(=O)Nc2ccnc(Cl)c2)n(C)c1)C(F)(F)F. The molecule has 6 nitrogen and oxygen atoms in total. The van der Waals surface area contributed by atoms with Gasteiger partial charge in [0.25, 0.3) is 5.91 Å². The van der Waals surface area contributed by atoms with E-state index in [0.29, 0.717) is 5.69 Å². The minimum absolute atomic E-state index is 0.0631. The summed E-state index contributed by atoms with van der Waals surface area (Å²) in [4.78, 5) is 16.2. The molecule has 0 aliphatic carbocycles. The summed E-state index contributed by atoms with van der Waals surface area (Å²) in [5.41, 5.74) is 0.531. The number of aryl methyl sites for hydroxylation is 1. The van der Waals surface area contributed by atoms with Gasteiger partial charge < -0.3 is 9.88 Å². The Bertz CT molecular complexity index is 825. The number of nitrogens with zero attached hydrogens (tertiary/aromatic N) is 2. The van der Waals surface area contributed by atoms with Gasteiger partial charge in [-0.2, -0.15) is 13.2 Å². The fourth-order valence-corrected chi connectivity index (χ4v) is 3.46. The Morgan fingerprint density at radius 1 is 1.42 bits per heavy atom. The van der Waals surface area contributed by atoms with Crippen molar-refractivity contribution in [3.8, 4) is 0 Å². The Morgan fingerprint density at radius 3 is 2.69 bits per heavy atom. The van der Waals surface area contributed by atoms with E-state index in [1.807, 2.05) is 4.72 Å². The van der Waals surface area contributed by atoms with Crippen LogP contribution in [-0.2, 0) is 18.0 Å². The topological polar surface area (TPSA) is 76.0 Å². The van der Waals surface area contributed by atoms with E-state index in [4.69, 9.17) is 11.6 Å². The predicted octanol–water partition coefficient (Wildman–Crippen LogP) is 3.28. The third-order valence-corrected chi connectivity index (χ3v) is 4.82. The second-order valence-corrected chi connectivity index (χ2v) is 7.01. The van der Waals surface area contributed by atoms with Crippen molar-refractivity contribution in [3.63, 3.8) is 0 Å². The van der Waals surface area contributed by atoms with Gasteiger partial charge in [0.05, 0.1) is 4.90 Å². The summed E-state index contributed by atoms with van der Waals surface area (Å²) in [6.07, 6.45) is -2.03. The average molecular weight is 409 g/mol. The molecule has 2 N–H and O–H groups in total. The molecule has 2 aromatic rings. The molecule has 2 atom stereocenters. The number of hydrogen-bond acceptors (Lipinski definition) is 3. The molecule has 2 unspecified atom stereocenters.